The van der Waals surface area contributed by atoms with E-state index in [0.29, 0.717) is 18.3 Å². The summed E-state index contributed by atoms with van der Waals surface area (Å²) in [6.07, 6.45) is 5.63. The van der Waals surface area contributed by atoms with Crippen LogP contribution in [0, 0.1) is 5.82 Å². The summed E-state index contributed by atoms with van der Waals surface area (Å²) in [6, 6.07) is 12.7. The van der Waals surface area contributed by atoms with E-state index in [-0.39, 0.29) is 23.2 Å². The topological polar surface area (TPSA) is 93.7 Å². The number of carbonyl (C=O) groups excluding carboxylic acids is 1. The maximum Gasteiger partial charge on any atom is 0.279 e. The van der Waals surface area contributed by atoms with Gasteiger partial charge in [-0.05, 0) is 56.0 Å². The van der Waals surface area contributed by atoms with Gasteiger partial charge in [0, 0.05) is 11.3 Å². The molecule has 2 aromatic carbocycles. The van der Waals surface area contributed by atoms with Crippen molar-refractivity contribution in [2.24, 2.45) is 5.14 Å². The van der Waals surface area contributed by atoms with Crippen LogP contribution in [0.5, 0.6) is 0 Å². The van der Waals surface area contributed by atoms with Gasteiger partial charge in [-0.1, -0.05) is 24.6 Å². The van der Waals surface area contributed by atoms with Gasteiger partial charge in [0.15, 0.2) is 6.54 Å². The van der Waals surface area contributed by atoms with Crippen molar-refractivity contribution < 1.29 is 22.5 Å². The van der Waals surface area contributed by atoms with Crippen molar-refractivity contribution in [2.75, 3.05) is 11.9 Å². The van der Waals surface area contributed by atoms with Crippen LogP contribution in [0.25, 0.3) is 0 Å². The van der Waals surface area contributed by atoms with Gasteiger partial charge in [0.1, 0.15) is 12.4 Å². The number of primary sulfonamides is 1. The Morgan fingerprint density at radius 2 is 1.79 bits per heavy atom. The molecule has 1 saturated carbocycles. The second-order valence-electron chi connectivity index (χ2n) is 7.59. The van der Waals surface area contributed by atoms with Gasteiger partial charge in [-0.3, -0.25) is 4.79 Å². The monoisotopic (exact) mass is 420 g/mol. The van der Waals surface area contributed by atoms with Crippen molar-refractivity contribution in [1.29, 1.82) is 0 Å². The summed E-state index contributed by atoms with van der Waals surface area (Å²) in [4.78, 5) is 13.8. The van der Waals surface area contributed by atoms with Crippen LogP contribution >= 0.6 is 0 Å². The van der Waals surface area contributed by atoms with Crippen LogP contribution in [0.15, 0.2) is 53.4 Å². The average molecular weight is 421 g/mol. The minimum atomic E-state index is -3.83. The molecule has 29 heavy (non-hydrogen) atoms. The number of halogens is 1. The van der Waals surface area contributed by atoms with Gasteiger partial charge < -0.3 is 10.2 Å². The van der Waals surface area contributed by atoms with Crippen LogP contribution in [-0.2, 0) is 21.4 Å². The van der Waals surface area contributed by atoms with Crippen LogP contribution < -0.4 is 15.4 Å². The number of sulfonamides is 1. The predicted octanol–water partition coefficient (Wildman–Crippen LogP) is 1.83. The highest BCUT2D eigenvalue weighted by Crippen LogP contribution is 2.16. The first-order chi connectivity index (χ1) is 13.8. The zero-order valence-electron chi connectivity index (χ0n) is 16.2. The number of nitrogens with one attached hydrogen (secondary N) is 2. The number of amides is 1. The molecule has 156 valence electrons. The molecule has 1 aliphatic rings. The van der Waals surface area contributed by atoms with Crippen LogP contribution in [0.3, 0.4) is 0 Å². The summed E-state index contributed by atoms with van der Waals surface area (Å²) < 4.78 is 36.3. The van der Waals surface area contributed by atoms with Crippen LogP contribution in [0.1, 0.15) is 37.7 Å². The summed E-state index contributed by atoms with van der Waals surface area (Å²) in [5, 5.41) is 7.94. The predicted molar refractivity (Wildman–Crippen MR) is 109 cm³/mol. The highest BCUT2D eigenvalue weighted by atomic mass is 32.2. The van der Waals surface area contributed by atoms with Crippen LogP contribution in [-0.4, -0.2) is 26.9 Å². The molecule has 0 aliphatic heterocycles. The SMILES string of the molecule is NS(=O)(=O)c1cccc(NC(=O)C[NH+](Cc2ccc(F)cc2)C2CCCCC2)c1. The van der Waals surface area contributed by atoms with Crippen molar-refractivity contribution >= 4 is 21.6 Å². The fraction of sp³-hybridized carbons (Fsp3) is 0.381. The van der Waals surface area contributed by atoms with E-state index in [1.165, 1.54) is 30.7 Å². The minimum Gasteiger partial charge on any atom is -0.321 e. The maximum absolute atomic E-state index is 13.2. The van der Waals surface area contributed by atoms with E-state index in [2.05, 4.69) is 5.32 Å². The van der Waals surface area contributed by atoms with E-state index in [4.69, 9.17) is 5.14 Å². The summed E-state index contributed by atoms with van der Waals surface area (Å²) in [6.45, 7) is 0.886. The first-order valence-electron chi connectivity index (χ1n) is 9.83. The molecule has 1 amide bonds. The third kappa shape index (κ3) is 6.35. The molecule has 1 aliphatic carbocycles. The van der Waals surface area contributed by atoms with Gasteiger partial charge in [-0.15, -0.1) is 0 Å². The fourth-order valence-electron chi connectivity index (χ4n) is 3.89. The van der Waals surface area contributed by atoms with Crippen molar-refractivity contribution in [3.63, 3.8) is 0 Å². The fourth-order valence-corrected chi connectivity index (χ4v) is 4.45. The van der Waals surface area contributed by atoms with Crippen LogP contribution in [0.2, 0.25) is 0 Å². The van der Waals surface area contributed by atoms with Crippen LogP contribution in [0.4, 0.5) is 10.1 Å². The van der Waals surface area contributed by atoms with Gasteiger partial charge in [0.25, 0.3) is 5.91 Å². The lowest BCUT2D eigenvalue weighted by molar-refractivity contribution is -0.932. The van der Waals surface area contributed by atoms with E-state index >= 15 is 0 Å². The number of carbonyl (C=O) groups is 1. The van der Waals surface area contributed by atoms with Crippen molar-refractivity contribution in [3.8, 4) is 0 Å². The maximum atomic E-state index is 13.2. The van der Waals surface area contributed by atoms with Gasteiger partial charge in [0.05, 0.1) is 10.9 Å². The van der Waals surface area contributed by atoms with E-state index in [1.54, 1.807) is 24.3 Å². The second kappa shape index (κ2) is 9.47. The molecule has 0 saturated heterocycles. The molecule has 1 unspecified atom stereocenters. The second-order valence-corrected chi connectivity index (χ2v) is 9.16. The Bertz CT molecular complexity index is 942. The quantitative estimate of drug-likeness (QED) is 0.638. The molecule has 8 heteroatoms. The summed E-state index contributed by atoms with van der Waals surface area (Å²) >= 11 is 0. The summed E-state index contributed by atoms with van der Waals surface area (Å²) in [5.41, 5.74) is 1.38. The number of hydrogen-bond donors (Lipinski definition) is 3. The van der Waals surface area contributed by atoms with Crippen molar-refractivity contribution in [3.05, 3.63) is 59.9 Å². The van der Waals surface area contributed by atoms with E-state index < -0.39 is 10.0 Å². The zero-order valence-corrected chi connectivity index (χ0v) is 17.1. The molecule has 3 rings (SSSR count). The number of quaternary nitrogens is 1. The number of hydrogen-bond acceptors (Lipinski definition) is 3. The number of benzene rings is 2. The van der Waals surface area contributed by atoms with Gasteiger partial charge >= 0.3 is 0 Å². The molecular weight excluding hydrogens is 393 g/mol. The molecular formula is C21H27FN3O3S+. The van der Waals surface area contributed by atoms with E-state index in [9.17, 15) is 17.6 Å². The third-order valence-electron chi connectivity index (χ3n) is 5.36. The summed E-state index contributed by atoms with van der Waals surface area (Å²) in [5.74, 6) is -0.472. The zero-order chi connectivity index (χ0) is 20.9. The van der Waals surface area contributed by atoms with Gasteiger partial charge in [0.2, 0.25) is 10.0 Å². The third-order valence-corrected chi connectivity index (χ3v) is 6.27. The Morgan fingerprint density at radius 1 is 1.10 bits per heavy atom. The molecule has 0 spiro atoms. The smallest absolute Gasteiger partial charge is 0.279 e. The molecule has 0 radical (unpaired) electrons. The molecule has 0 heterocycles. The summed E-state index contributed by atoms with van der Waals surface area (Å²) in [7, 11) is -3.83. The normalized spacial score (nSPS) is 16.3. The number of anilines is 1. The lowest BCUT2D eigenvalue weighted by Crippen LogP contribution is -3.15. The molecule has 0 bridgehead atoms. The van der Waals surface area contributed by atoms with Gasteiger partial charge in [-0.2, -0.15) is 0 Å². The Hall–Kier alpha value is -2.29. The highest BCUT2D eigenvalue weighted by molar-refractivity contribution is 7.89. The Labute approximate surface area is 171 Å². The standard InChI is InChI=1S/C21H26FN3O3S/c22-17-11-9-16(10-12-17)14-25(19-6-2-1-3-7-19)15-21(26)24-18-5-4-8-20(13-18)29(23,27)28/h4-5,8-13,19H,1-3,6-7,14-15H2,(H,24,26)(H2,23,27,28)/p+1. The lowest BCUT2D eigenvalue weighted by atomic mass is 9.93. The highest BCUT2D eigenvalue weighted by Gasteiger charge is 2.27. The molecule has 4 N–H and O–H groups in total. The molecule has 1 fully saturated rings. The first-order valence-corrected chi connectivity index (χ1v) is 11.4. The average Bonchev–Trinajstić information content (AvgIpc) is 2.69. The molecule has 1 atom stereocenters. The van der Waals surface area contributed by atoms with Crippen molar-refractivity contribution in [2.45, 2.75) is 49.6 Å². The molecule has 2 aromatic rings. The van der Waals surface area contributed by atoms with Crippen molar-refractivity contribution in [1.82, 2.24) is 0 Å². The van der Waals surface area contributed by atoms with Gasteiger partial charge in [-0.25, -0.2) is 17.9 Å². The minimum absolute atomic E-state index is 0.0434. The lowest BCUT2D eigenvalue weighted by Gasteiger charge is -2.31. The largest absolute Gasteiger partial charge is 0.321 e. The number of rotatable bonds is 7. The number of nitrogens with two attached hydrogens (primary N) is 1. The Morgan fingerprint density at radius 3 is 2.45 bits per heavy atom. The van der Waals surface area contributed by atoms with E-state index in [0.717, 1.165) is 36.1 Å². The molecule has 6 nitrogen and oxygen atoms in total. The Balaban J connectivity index is 1.71. The molecule has 0 aromatic heterocycles. The first kappa shape index (κ1) is 21.4. The van der Waals surface area contributed by atoms with E-state index in [1.807, 2.05) is 0 Å². The Kier molecular flexibility index (Phi) is 7.00.